The van der Waals surface area contributed by atoms with Crippen LogP contribution in [0.2, 0.25) is 0 Å². The third-order valence-corrected chi connectivity index (χ3v) is 3.04. The second kappa shape index (κ2) is 5.29. The highest BCUT2D eigenvalue weighted by atomic mass is 32.1. The first kappa shape index (κ1) is 12.1. The van der Waals surface area contributed by atoms with Crippen molar-refractivity contribution in [3.63, 3.8) is 0 Å². The zero-order valence-corrected chi connectivity index (χ0v) is 10.7. The van der Waals surface area contributed by atoms with Gasteiger partial charge in [0.1, 0.15) is 4.99 Å². The van der Waals surface area contributed by atoms with Crippen LogP contribution in [0.25, 0.3) is 10.9 Å². The fourth-order valence-electron chi connectivity index (χ4n) is 1.91. The predicted molar refractivity (Wildman–Crippen MR) is 74.3 cm³/mol. The van der Waals surface area contributed by atoms with Crippen molar-refractivity contribution < 1.29 is 4.74 Å². The Hall–Kier alpha value is -1.39. The van der Waals surface area contributed by atoms with Crippen molar-refractivity contribution in [1.82, 2.24) is 4.57 Å². The topological polar surface area (TPSA) is 40.2 Å². The van der Waals surface area contributed by atoms with Crippen molar-refractivity contribution in [2.24, 2.45) is 5.73 Å². The molecule has 17 heavy (non-hydrogen) atoms. The Bertz CT molecular complexity index is 533. The lowest BCUT2D eigenvalue weighted by molar-refractivity contribution is 0.190. The van der Waals surface area contributed by atoms with Gasteiger partial charge in [0.25, 0.3) is 0 Å². The number of benzene rings is 1. The predicted octanol–water partition coefficient (Wildman–Crippen LogP) is 2.31. The lowest BCUT2D eigenvalue weighted by Gasteiger charge is -2.06. The maximum Gasteiger partial charge on any atom is 0.104 e. The van der Waals surface area contributed by atoms with E-state index in [-0.39, 0.29) is 0 Å². The molecule has 1 heterocycles. The zero-order chi connectivity index (χ0) is 12.3. The highest BCUT2D eigenvalue weighted by Gasteiger charge is 2.03. The van der Waals surface area contributed by atoms with E-state index in [1.807, 2.05) is 12.1 Å². The molecule has 0 radical (unpaired) electrons. The summed E-state index contributed by atoms with van der Waals surface area (Å²) >= 11 is 5.00. The molecule has 90 valence electrons. The minimum atomic E-state index is 0.441. The molecule has 4 heteroatoms. The van der Waals surface area contributed by atoms with Crippen molar-refractivity contribution in [2.45, 2.75) is 13.0 Å². The Labute approximate surface area is 106 Å². The van der Waals surface area contributed by atoms with Crippen LogP contribution >= 0.6 is 12.2 Å². The van der Waals surface area contributed by atoms with E-state index >= 15 is 0 Å². The van der Waals surface area contributed by atoms with E-state index in [1.165, 1.54) is 10.9 Å². The summed E-state index contributed by atoms with van der Waals surface area (Å²) in [6.07, 6.45) is 3.08. The minimum absolute atomic E-state index is 0.441. The van der Waals surface area contributed by atoms with Gasteiger partial charge in [0.05, 0.1) is 0 Å². The van der Waals surface area contributed by atoms with Crippen LogP contribution in [0.3, 0.4) is 0 Å². The number of ether oxygens (including phenoxy) is 1. The second-order valence-electron chi connectivity index (χ2n) is 3.99. The Morgan fingerprint density at radius 2 is 2.24 bits per heavy atom. The zero-order valence-electron chi connectivity index (χ0n) is 9.85. The van der Waals surface area contributed by atoms with Crippen LogP contribution in [0.4, 0.5) is 0 Å². The van der Waals surface area contributed by atoms with E-state index in [9.17, 15) is 0 Å². The first-order valence-electron chi connectivity index (χ1n) is 5.60. The summed E-state index contributed by atoms with van der Waals surface area (Å²) < 4.78 is 7.26. The van der Waals surface area contributed by atoms with Crippen LogP contribution in [0.15, 0.2) is 30.5 Å². The van der Waals surface area contributed by atoms with Gasteiger partial charge in [-0.2, -0.15) is 0 Å². The highest BCUT2D eigenvalue weighted by molar-refractivity contribution is 7.80. The van der Waals surface area contributed by atoms with Gasteiger partial charge in [-0.1, -0.05) is 24.4 Å². The first-order chi connectivity index (χ1) is 8.22. The Morgan fingerprint density at radius 3 is 2.94 bits per heavy atom. The average molecular weight is 248 g/mol. The van der Waals surface area contributed by atoms with E-state index in [0.717, 1.165) is 25.1 Å². The number of rotatable bonds is 5. The lowest BCUT2D eigenvalue weighted by Crippen LogP contribution is -2.09. The van der Waals surface area contributed by atoms with Crippen molar-refractivity contribution in [3.8, 4) is 0 Å². The second-order valence-corrected chi connectivity index (χ2v) is 4.43. The molecular weight excluding hydrogens is 232 g/mol. The molecule has 1 aromatic heterocycles. The minimum Gasteiger partial charge on any atom is -0.389 e. The molecule has 0 aliphatic rings. The number of fused-ring (bicyclic) bond motifs is 1. The summed E-state index contributed by atoms with van der Waals surface area (Å²) in [5.74, 6) is 0. The van der Waals surface area contributed by atoms with Gasteiger partial charge in [0.15, 0.2) is 0 Å². The maximum absolute atomic E-state index is 5.65. The molecule has 2 aromatic rings. The molecule has 0 unspecified atom stereocenters. The molecule has 0 atom stereocenters. The Morgan fingerprint density at radius 1 is 1.41 bits per heavy atom. The molecule has 0 saturated heterocycles. The van der Waals surface area contributed by atoms with E-state index in [4.69, 9.17) is 22.7 Å². The van der Waals surface area contributed by atoms with Crippen molar-refractivity contribution >= 4 is 28.1 Å². The van der Waals surface area contributed by atoms with E-state index in [1.54, 1.807) is 7.11 Å². The van der Waals surface area contributed by atoms with E-state index in [2.05, 4.69) is 22.9 Å². The van der Waals surface area contributed by atoms with Crippen molar-refractivity contribution in [1.29, 1.82) is 0 Å². The fraction of sp³-hybridized carbons (Fsp3) is 0.308. The van der Waals surface area contributed by atoms with Gasteiger partial charge < -0.3 is 15.0 Å². The van der Waals surface area contributed by atoms with Gasteiger partial charge in [-0.25, -0.2) is 0 Å². The summed E-state index contributed by atoms with van der Waals surface area (Å²) in [6, 6.07) is 8.16. The average Bonchev–Trinajstić information content (AvgIpc) is 2.72. The third kappa shape index (κ3) is 2.65. The lowest BCUT2D eigenvalue weighted by atomic mass is 10.1. The quantitative estimate of drug-likeness (QED) is 0.652. The van der Waals surface area contributed by atoms with Gasteiger partial charge >= 0.3 is 0 Å². The number of aryl methyl sites for hydroxylation is 1. The third-order valence-electron chi connectivity index (χ3n) is 2.81. The number of methoxy groups -OCH3 is 1. The maximum atomic E-state index is 5.65. The Balaban J connectivity index is 2.30. The SMILES string of the molecule is COCCCn1ccc2ccc(C(N)=S)cc21. The van der Waals surface area contributed by atoms with Crippen LogP contribution in [0.5, 0.6) is 0 Å². The molecule has 0 aliphatic carbocycles. The first-order valence-corrected chi connectivity index (χ1v) is 6.01. The normalized spacial score (nSPS) is 10.9. The van der Waals surface area contributed by atoms with Crippen LogP contribution in [-0.4, -0.2) is 23.3 Å². The number of nitrogens with two attached hydrogens (primary N) is 1. The fourth-order valence-corrected chi connectivity index (χ4v) is 2.04. The number of nitrogens with zero attached hydrogens (tertiary/aromatic N) is 1. The summed E-state index contributed by atoms with van der Waals surface area (Å²) in [6.45, 7) is 1.72. The molecule has 2 rings (SSSR count). The van der Waals surface area contributed by atoms with Gasteiger partial charge in [-0.15, -0.1) is 0 Å². The number of hydrogen-bond donors (Lipinski definition) is 1. The Kier molecular flexibility index (Phi) is 3.76. The molecular formula is C13H16N2OS. The monoisotopic (exact) mass is 248 g/mol. The van der Waals surface area contributed by atoms with Gasteiger partial charge in [0, 0.05) is 37.5 Å². The molecule has 0 amide bonds. The van der Waals surface area contributed by atoms with Crippen LogP contribution < -0.4 is 5.73 Å². The summed E-state index contributed by atoms with van der Waals surface area (Å²) in [5.41, 5.74) is 7.74. The van der Waals surface area contributed by atoms with E-state index < -0.39 is 0 Å². The molecule has 0 aliphatic heterocycles. The van der Waals surface area contributed by atoms with Crippen LogP contribution in [-0.2, 0) is 11.3 Å². The van der Waals surface area contributed by atoms with Crippen molar-refractivity contribution in [3.05, 3.63) is 36.0 Å². The smallest absolute Gasteiger partial charge is 0.104 e. The molecule has 2 N–H and O–H groups in total. The summed E-state index contributed by atoms with van der Waals surface area (Å²) in [4.78, 5) is 0.441. The van der Waals surface area contributed by atoms with Gasteiger partial charge in [-0.3, -0.25) is 0 Å². The molecule has 0 saturated carbocycles. The summed E-state index contributed by atoms with van der Waals surface area (Å²) in [5, 5.41) is 1.21. The van der Waals surface area contributed by atoms with Crippen LogP contribution in [0.1, 0.15) is 12.0 Å². The number of hydrogen-bond acceptors (Lipinski definition) is 2. The van der Waals surface area contributed by atoms with Crippen molar-refractivity contribution in [2.75, 3.05) is 13.7 Å². The number of thiocarbonyl (C=S) groups is 1. The van der Waals surface area contributed by atoms with E-state index in [0.29, 0.717) is 4.99 Å². The van der Waals surface area contributed by atoms with Gasteiger partial charge in [0.2, 0.25) is 0 Å². The molecule has 3 nitrogen and oxygen atoms in total. The highest BCUT2D eigenvalue weighted by Crippen LogP contribution is 2.18. The molecule has 0 spiro atoms. The number of aromatic nitrogens is 1. The standard InChI is InChI=1S/C13H16N2OS/c1-16-8-2-6-15-7-5-10-3-4-11(13(14)17)9-12(10)15/h3-5,7,9H,2,6,8H2,1H3,(H2,14,17). The summed E-state index contributed by atoms with van der Waals surface area (Å²) in [7, 11) is 1.72. The van der Waals surface area contributed by atoms with Gasteiger partial charge in [-0.05, 0) is 23.9 Å². The molecule has 1 aromatic carbocycles. The molecule has 0 fully saturated rings. The largest absolute Gasteiger partial charge is 0.389 e. The molecule has 0 bridgehead atoms. The van der Waals surface area contributed by atoms with Crippen LogP contribution in [0, 0.1) is 0 Å².